The van der Waals surface area contributed by atoms with Gasteiger partial charge in [0, 0.05) is 58.0 Å². The molecule has 0 bridgehead atoms. The van der Waals surface area contributed by atoms with E-state index < -0.39 is 0 Å². The van der Waals surface area contributed by atoms with Gasteiger partial charge in [0.2, 0.25) is 11.9 Å². The average Bonchev–Trinajstić information content (AvgIpc) is 2.90. The van der Waals surface area contributed by atoms with Crippen LogP contribution in [-0.4, -0.2) is 40.6 Å². The Bertz CT molecular complexity index is 439. The van der Waals surface area contributed by atoms with Gasteiger partial charge in [-0.1, -0.05) is 0 Å². The summed E-state index contributed by atoms with van der Waals surface area (Å²) in [6, 6.07) is 3.61. The Hall–Kier alpha value is -1.53. The van der Waals surface area contributed by atoms with Crippen molar-refractivity contribution in [3.8, 4) is 0 Å². The normalized spacial score (nSPS) is 14.0. The van der Waals surface area contributed by atoms with Crippen LogP contribution in [0.2, 0.25) is 0 Å². The monoisotopic (exact) mass is 418 g/mol. The molecule has 0 amide bonds. The molecule has 92 valence electrons. The molecule has 0 saturated carbocycles. The minimum Gasteiger partial charge on any atom is -0.366 e. The molecule has 3 heterocycles. The zero-order chi connectivity index (χ0) is 11.5. The molecule has 2 aromatic heterocycles. The number of anilines is 2. The maximum absolute atomic E-state index is 4.20. The average molecular weight is 417 g/mol. The molecule has 0 spiro atoms. The molecule has 0 N–H and O–H groups in total. The Morgan fingerprint density at radius 3 is 1.56 bits per heavy atom. The molecule has 3 rings (SSSR count). The van der Waals surface area contributed by atoms with E-state index in [4.69, 9.17) is 0 Å². The van der Waals surface area contributed by atoms with Gasteiger partial charge in [0.15, 0.2) is 0 Å². The van der Waals surface area contributed by atoms with E-state index in [2.05, 4.69) is 19.9 Å². The minimum atomic E-state index is 0. The first kappa shape index (κ1) is 12.9. The summed E-state index contributed by atoms with van der Waals surface area (Å²) in [5.41, 5.74) is 0. The van der Waals surface area contributed by atoms with Crippen molar-refractivity contribution in [1.29, 1.82) is 0 Å². The molecule has 1 saturated heterocycles. The topological polar surface area (TPSA) is 58.0 Å². The van der Waals surface area contributed by atoms with Crippen LogP contribution in [0.3, 0.4) is 0 Å². The molecule has 0 unspecified atom stereocenters. The summed E-state index contributed by atoms with van der Waals surface area (Å²) in [5.74, 6) is 1.40. The zero-order valence-corrected chi connectivity index (χ0v) is 11.9. The minimum absolute atomic E-state index is 0. The zero-order valence-electron chi connectivity index (χ0n) is 9.47. The van der Waals surface area contributed by atoms with Gasteiger partial charge in [0.25, 0.3) is 0 Å². The molecule has 18 heavy (non-hydrogen) atoms. The molecule has 0 atom stereocenters. The van der Waals surface area contributed by atoms with Crippen LogP contribution in [0.1, 0.15) is 0 Å². The van der Waals surface area contributed by atoms with E-state index in [1.165, 1.54) is 0 Å². The van der Waals surface area contributed by atoms with Crippen LogP contribution in [0, 0.1) is 0 Å². The number of hydrogen-bond donors (Lipinski definition) is 0. The van der Waals surface area contributed by atoms with Crippen molar-refractivity contribution in [2.75, 3.05) is 22.7 Å². The quantitative estimate of drug-likeness (QED) is 0.648. The van der Waals surface area contributed by atoms with Crippen LogP contribution in [0.5, 0.6) is 0 Å². The SMILES string of the molecule is [B]1N(c2ncccn2)CCN1c1ncccn1.[Ir]. The van der Waals surface area contributed by atoms with Crippen LogP contribution in [0.4, 0.5) is 11.9 Å². The van der Waals surface area contributed by atoms with Gasteiger partial charge >= 0.3 is 7.55 Å². The van der Waals surface area contributed by atoms with Crippen LogP contribution in [0.25, 0.3) is 0 Å². The van der Waals surface area contributed by atoms with Gasteiger partial charge in [0.05, 0.1) is 0 Å². The Labute approximate surface area is 119 Å². The first-order valence-electron chi connectivity index (χ1n) is 5.36. The van der Waals surface area contributed by atoms with Crippen molar-refractivity contribution in [3.63, 3.8) is 0 Å². The third-order valence-electron chi connectivity index (χ3n) is 2.48. The molecule has 0 aromatic carbocycles. The summed E-state index contributed by atoms with van der Waals surface area (Å²) in [6.45, 7) is 1.67. The largest absolute Gasteiger partial charge is 0.396 e. The predicted molar refractivity (Wildman–Crippen MR) is 64.5 cm³/mol. The van der Waals surface area contributed by atoms with Crippen LogP contribution >= 0.6 is 0 Å². The van der Waals surface area contributed by atoms with E-state index in [9.17, 15) is 0 Å². The van der Waals surface area contributed by atoms with Gasteiger partial charge in [-0.05, 0) is 12.1 Å². The molecule has 0 aliphatic carbocycles. The molecule has 2 radical (unpaired) electrons. The Kier molecular flexibility index (Phi) is 4.22. The van der Waals surface area contributed by atoms with E-state index in [1.807, 2.05) is 17.2 Å². The second-order valence-corrected chi connectivity index (χ2v) is 3.60. The molecule has 8 heteroatoms. The predicted octanol–water partition coefficient (Wildman–Crippen LogP) is 0.125. The number of hydrogen-bond acceptors (Lipinski definition) is 6. The molecule has 1 fully saturated rings. The van der Waals surface area contributed by atoms with Crippen molar-refractivity contribution in [3.05, 3.63) is 36.9 Å². The van der Waals surface area contributed by atoms with Crippen molar-refractivity contribution in [1.82, 2.24) is 19.9 Å². The maximum Gasteiger partial charge on any atom is 0.396 e. The summed E-state index contributed by atoms with van der Waals surface area (Å²) in [4.78, 5) is 20.8. The van der Waals surface area contributed by atoms with Gasteiger partial charge in [0.1, 0.15) is 0 Å². The fraction of sp³-hybridized carbons (Fsp3) is 0.200. The van der Waals surface area contributed by atoms with Crippen molar-refractivity contribution in [2.24, 2.45) is 0 Å². The summed E-state index contributed by atoms with van der Waals surface area (Å²) < 4.78 is 0. The molecule has 6 nitrogen and oxygen atoms in total. The summed E-state index contributed by atoms with van der Waals surface area (Å²) >= 11 is 0. The number of aromatic nitrogens is 4. The second kappa shape index (κ2) is 5.88. The first-order chi connectivity index (χ1) is 8.43. The molecule has 2 aromatic rings. The van der Waals surface area contributed by atoms with Gasteiger partial charge in [-0.2, -0.15) is 0 Å². The summed E-state index contributed by atoms with van der Waals surface area (Å²) in [5, 5.41) is 0. The van der Waals surface area contributed by atoms with Crippen LogP contribution in [0.15, 0.2) is 36.9 Å². The summed E-state index contributed by atoms with van der Waals surface area (Å²) in [7, 11) is 1.94. The number of nitrogens with zero attached hydrogens (tertiary/aromatic N) is 6. The third kappa shape index (κ3) is 2.65. The smallest absolute Gasteiger partial charge is 0.366 e. The van der Waals surface area contributed by atoms with Gasteiger partial charge < -0.3 is 9.62 Å². The Morgan fingerprint density at radius 1 is 0.778 bits per heavy atom. The molecule has 1 aliphatic heterocycles. The van der Waals surface area contributed by atoms with Gasteiger partial charge in [-0.3, -0.25) is 0 Å². The van der Waals surface area contributed by atoms with Gasteiger partial charge in [-0.25, -0.2) is 19.9 Å². The number of rotatable bonds is 2. The standard InChI is InChI=1S/C10H10BN6.Ir/c1-3-12-9(13-4-1)16-7-8-17(11-16)10-14-5-2-6-15-10;/h1-6H,7-8H2;. The Morgan fingerprint density at radius 2 is 1.17 bits per heavy atom. The van der Waals surface area contributed by atoms with E-state index in [-0.39, 0.29) is 20.1 Å². The van der Waals surface area contributed by atoms with Crippen molar-refractivity contribution >= 4 is 19.4 Å². The maximum atomic E-state index is 4.20. The van der Waals surface area contributed by atoms with Gasteiger partial charge in [-0.15, -0.1) is 0 Å². The Balaban J connectivity index is 0.00000120. The fourth-order valence-electron chi connectivity index (χ4n) is 1.68. The molecule has 1 aliphatic rings. The van der Waals surface area contributed by atoms with E-state index in [0.717, 1.165) is 13.1 Å². The van der Waals surface area contributed by atoms with E-state index in [0.29, 0.717) is 11.9 Å². The second-order valence-electron chi connectivity index (χ2n) is 3.60. The summed E-state index contributed by atoms with van der Waals surface area (Å²) in [6.07, 6.45) is 6.94. The third-order valence-corrected chi connectivity index (χ3v) is 2.48. The molecular formula is C10H10BIrN6. The van der Waals surface area contributed by atoms with Crippen molar-refractivity contribution < 1.29 is 20.1 Å². The van der Waals surface area contributed by atoms with Crippen LogP contribution < -0.4 is 9.62 Å². The first-order valence-corrected chi connectivity index (χ1v) is 5.36. The van der Waals surface area contributed by atoms with E-state index in [1.54, 1.807) is 36.9 Å². The van der Waals surface area contributed by atoms with E-state index >= 15 is 0 Å². The molecular weight excluding hydrogens is 407 g/mol. The van der Waals surface area contributed by atoms with Crippen LogP contribution in [-0.2, 0) is 20.1 Å². The fourth-order valence-corrected chi connectivity index (χ4v) is 1.68. The van der Waals surface area contributed by atoms with Crippen molar-refractivity contribution in [2.45, 2.75) is 0 Å².